The lowest BCUT2D eigenvalue weighted by Crippen LogP contribution is -2.08. The highest BCUT2D eigenvalue weighted by Gasteiger charge is 2.08. The molecule has 4 nitrogen and oxygen atoms in total. The molecule has 0 radical (unpaired) electrons. The molecule has 1 aromatic carbocycles. The Bertz CT molecular complexity index is 510. The van der Waals surface area contributed by atoms with E-state index < -0.39 is 0 Å². The molecule has 0 atom stereocenters. The van der Waals surface area contributed by atoms with E-state index in [1.165, 1.54) is 0 Å². The van der Waals surface area contributed by atoms with Crippen LogP contribution < -0.4 is 5.32 Å². The van der Waals surface area contributed by atoms with Gasteiger partial charge in [-0.15, -0.1) is 0 Å². The zero-order valence-electron chi connectivity index (χ0n) is 10.5. The summed E-state index contributed by atoms with van der Waals surface area (Å²) in [7, 11) is 0. The lowest BCUT2D eigenvalue weighted by molar-refractivity contribution is 0.421. The maximum atomic E-state index is 5.14. The summed E-state index contributed by atoms with van der Waals surface area (Å²) in [6, 6.07) is 8.53. The molecular weight excluding hydrogens is 294 g/mol. The van der Waals surface area contributed by atoms with Crippen LogP contribution in [0.3, 0.4) is 0 Å². The lowest BCUT2D eigenvalue weighted by Gasteiger charge is -2.02. The van der Waals surface area contributed by atoms with Crippen molar-refractivity contribution in [3.05, 3.63) is 40.1 Å². The van der Waals surface area contributed by atoms with Crippen molar-refractivity contribution in [1.29, 1.82) is 0 Å². The van der Waals surface area contributed by atoms with E-state index in [0.717, 1.165) is 16.6 Å². The largest absolute Gasteiger partial charge is 0.338 e. The van der Waals surface area contributed by atoms with Gasteiger partial charge in [0.05, 0.1) is 0 Å². The van der Waals surface area contributed by atoms with E-state index in [9.17, 15) is 0 Å². The first-order valence-corrected chi connectivity index (χ1v) is 6.74. The van der Waals surface area contributed by atoms with Gasteiger partial charge in [-0.25, -0.2) is 0 Å². The van der Waals surface area contributed by atoms with Crippen molar-refractivity contribution in [2.75, 3.05) is 11.9 Å². The van der Waals surface area contributed by atoms with Crippen LogP contribution in [0.25, 0.3) is 0 Å². The van der Waals surface area contributed by atoms with E-state index in [4.69, 9.17) is 4.52 Å². The number of rotatable bonds is 5. The lowest BCUT2D eigenvalue weighted by atomic mass is 10.1. The topological polar surface area (TPSA) is 51.0 Å². The smallest absolute Gasteiger partial charge is 0.321 e. The van der Waals surface area contributed by atoms with E-state index in [0.29, 0.717) is 24.2 Å². The first kappa shape index (κ1) is 13.1. The van der Waals surface area contributed by atoms with Gasteiger partial charge >= 0.3 is 6.01 Å². The van der Waals surface area contributed by atoms with E-state index >= 15 is 0 Å². The fraction of sp³-hybridized carbons (Fsp3) is 0.385. The van der Waals surface area contributed by atoms with Crippen molar-refractivity contribution in [2.45, 2.75) is 20.3 Å². The number of hydrogen-bond acceptors (Lipinski definition) is 4. The maximum Gasteiger partial charge on any atom is 0.321 e. The molecule has 1 N–H and O–H groups in total. The average Bonchev–Trinajstić information content (AvgIpc) is 2.77. The number of anilines is 1. The average molecular weight is 310 g/mol. The van der Waals surface area contributed by atoms with Gasteiger partial charge in [-0.2, -0.15) is 4.98 Å². The first-order valence-electron chi connectivity index (χ1n) is 5.95. The summed E-state index contributed by atoms with van der Waals surface area (Å²) in [6.45, 7) is 5.09. The standard InChI is InChI=1S/C13H16BrN3O/c1-9(2)8-15-13-16-12(17-18-13)7-10-5-3-4-6-11(10)14/h3-6,9H,7-8H2,1-2H3,(H,15,16,17). The third kappa shape index (κ3) is 3.57. The Hall–Kier alpha value is -1.36. The number of aromatic nitrogens is 2. The summed E-state index contributed by atoms with van der Waals surface area (Å²) >= 11 is 3.51. The van der Waals surface area contributed by atoms with Crippen LogP contribution in [0.1, 0.15) is 25.2 Å². The first-order chi connectivity index (χ1) is 8.65. The van der Waals surface area contributed by atoms with Crippen molar-refractivity contribution in [3.8, 4) is 0 Å². The van der Waals surface area contributed by atoms with Crippen LogP contribution in [-0.2, 0) is 6.42 Å². The molecule has 1 heterocycles. The molecule has 2 aromatic rings. The fourth-order valence-electron chi connectivity index (χ4n) is 1.50. The Morgan fingerprint density at radius 3 is 2.83 bits per heavy atom. The summed E-state index contributed by atoms with van der Waals surface area (Å²) in [5.74, 6) is 1.23. The summed E-state index contributed by atoms with van der Waals surface area (Å²) in [5.41, 5.74) is 1.15. The molecule has 1 aromatic heterocycles. The molecule has 0 aliphatic heterocycles. The minimum atomic E-state index is 0.491. The van der Waals surface area contributed by atoms with Crippen molar-refractivity contribution in [3.63, 3.8) is 0 Å². The zero-order valence-corrected chi connectivity index (χ0v) is 12.1. The minimum absolute atomic E-state index is 0.491. The molecule has 5 heteroatoms. The van der Waals surface area contributed by atoms with Gasteiger partial charge in [0.15, 0.2) is 5.82 Å². The van der Waals surface area contributed by atoms with Crippen molar-refractivity contribution >= 4 is 21.9 Å². The fourth-order valence-corrected chi connectivity index (χ4v) is 1.93. The second-order valence-corrected chi connectivity index (χ2v) is 5.41. The Kier molecular flexibility index (Phi) is 4.36. The van der Waals surface area contributed by atoms with Crippen LogP contribution in [0.2, 0.25) is 0 Å². The van der Waals surface area contributed by atoms with Crippen molar-refractivity contribution in [1.82, 2.24) is 10.1 Å². The summed E-state index contributed by atoms with van der Waals surface area (Å²) in [5, 5.41) is 7.07. The molecule has 0 aliphatic carbocycles. The van der Waals surface area contributed by atoms with E-state index in [1.807, 2.05) is 24.3 Å². The second-order valence-electron chi connectivity index (χ2n) is 4.56. The third-order valence-corrected chi connectivity index (χ3v) is 3.21. The molecule has 96 valence electrons. The molecule has 0 saturated heterocycles. The van der Waals surface area contributed by atoms with Gasteiger partial charge in [0, 0.05) is 17.4 Å². The Balaban J connectivity index is 2.00. The van der Waals surface area contributed by atoms with E-state index in [1.54, 1.807) is 0 Å². The Morgan fingerprint density at radius 2 is 2.11 bits per heavy atom. The monoisotopic (exact) mass is 309 g/mol. The van der Waals surface area contributed by atoms with Crippen LogP contribution in [-0.4, -0.2) is 16.7 Å². The number of benzene rings is 1. The van der Waals surface area contributed by atoms with Gasteiger partial charge in [0.2, 0.25) is 0 Å². The predicted molar refractivity (Wildman–Crippen MR) is 74.6 cm³/mol. The molecular formula is C13H16BrN3O. The number of halogens is 1. The summed E-state index contributed by atoms with van der Waals surface area (Å²) in [6.07, 6.45) is 0.661. The molecule has 0 aliphatic rings. The summed E-state index contributed by atoms with van der Waals surface area (Å²) < 4.78 is 6.20. The number of nitrogens with one attached hydrogen (secondary N) is 1. The highest BCUT2D eigenvalue weighted by atomic mass is 79.9. The normalized spacial score (nSPS) is 10.9. The Labute approximate surface area is 115 Å². The SMILES string of the molecule is CC(C)CNc1nc(Cc2ccccc2Br)no1. The van der Waals surface area contributed by atoms with E-state index in [2.05, 4.69) is 45.2 Å². The van der Waals surface area contributed by atoms with Gasteiger partial charge in [-0.1, -0.05) is 53.1 Å². The molecule has 0 amide bonds. The Morgan fingerprint density at radius 1 is 1.33 bits per heavy atom. The van der Waals surface area contributed by atoms with Gasteiger partial charge in [-0.05, 0) is 17.5 Å². The van der Waals surface area contributed by atoms with Gasteiger partial charge < -0.3 is 9.84 Å². The van der Waals surface area contributed by atoms with Crippen LogP contribution in [0.4, 0.5) is 6.01 Å². The maximum absolute atomic E-state index is 5.14. The second kappa shape index (κ2) is 6.00. The molecule has 0 spiro atoms. The molecule has 0 saturated carbocycles. The van der Waals surface area contributed by atoms with Crippen molar-refractivity contribution < 1.29 is 4.52 Å². The molecule has 0 bridgehead atoms. The van der Waals surface area contributed by atoms with Crippen LogP contribution in [0.15, 0.2) is 33.3 Å². The number of nitrogens with zero attached hydrogens (tertiary/aromatic N) is 2. The van der Waals surface area contributed by atoms with Crippen LogP contribution in [0.5, 0.6) is 0 Å². The molecule has 2 rings (SSSR count). The zero-order chi connectivity index (χ0) is 13.0. The van der Waals surface area contributed by atoms with Crippen LogP contribution >= 0.6 is 15.9 Å². The van der Waals surface area contributed by atoms with Crippen LogP contribution in [0, 0.1) is 5.92 Å². The highest BCUT2D eigenvalue weighted by Crippen LogP contribution is 2.18. The van der Waals surface area contributed by atoms with E-state index in [-0.39, 0.29) is 0 Å². The highest BCUT2D eigenvalue weighted by molar-refractivity contribution is 9.10. The molecule has 0 fully saturated rings. The third-order valence-electron chi connectivity index (χ3n) is 2.44. The minimum Gasteiger partial charge on any atom is -0.338 e. The number of hydrogen-bond donors (Lipinski definition) is 1. The van der Waals surface area contributed by atoms with Gasteiger partial charge in [-0.3, -0.25) is 0 Å². The predicted octanol–water partition coefficient (Wildman–Crippen LogP) is 3.49. The quantitative estimate of drug-likeness (QED) is 0.918. The molecule has 0 unspecified atom stereocenters. The summed E-state index contributed by atoms with van der Waals surface area (Å²) in [4.78, 5) is 4.31. The van der Waals surface area contributed by atoms with Gasteiger partial charge in [0.1, 0.15) is 0 Å². The van der Waals surface area contributed by atoms with Gasteiger partial charge in [0.25, 0.3) is 0 Å². The van der Waals surface area contributed by atoms with Crippen molar-refractivity contribution in [2.24, 2.45) is 5.92 Å². The molecule has 18 heavy (non-hydrogen) atoms.